The van der Waals surface area contributed by atoms with Crippen molar-refractivity contribution in [1.29, 1.82) is 0 Å². The van der Waals surface area contributed by atoms with Crippen molar-refractivity contribution in [3.63, 3.8) is 0 Å². The second-order valence-corrected chi connectivity index (χ2v) is 7.64. The lowest BCUT2D eigenvalue weighted by atomic mass is 9.80. The lowest BCUT2D eigenvalue weighted by Crippen LogP contribution is -2.21. The maximum absolute atomic E-state index is 4.56. The van der Waals surface area contributed by atoms with Crippen LogP contribution in [0, 0.1) is 18.0 Å². The standard InChI is InChI=1S/C24H37N2/c1-3-5-6-7-8-9-10-14-17-23(24-25-18-19-26-24)22(4-2)20-21-15-12-11-13-16-21/h11-13,15-16,18-19,22-23H,3-10,14,17,20H2,1-2H3/q+1. The van der Waals surface area contributed by atoms with Crippen LogP contribution in [0.15, 0.2) is 40.3 Å². The molecule has 2 unspecified atom stereocenters. The molecule has 1 aromatic carbocycles. The first-order valence-corrected chi connectivity index (χ1v) is 10.8. The highest BCUT2D eigenvalue weighted by Crippen LogP contribution is 2.35. The van der Waals surface area contributed by atoms with Gasteiger partial charge in [-0.3, -0.25) is 0 Å². The van der Waals surface area contributed by atoms with E-state index in [1.54, 1.807) is 0 Å². The zero-order valence-electron chi connectivity index (χ0n) is 16.9. The monoisotopic (exact) mass is 353 g/mol. The molecule has 0 aromatic heterocycles. The third-order valence-corrected chi connectivity index (χ3v) is 5.61. The Morgan fingerprint density at radius 2 is 1.42 bits per heavy atom. The van der Waals surface area contributed by atoms with E-state index in [-0.39, 0.29) is 0 Å². The maximum atomic E-state index is 4.56. The first-order valence-electron chi connectivity index (χ1n) is 10.8. The molecule has 1 aliphatic heterocycles. The van der Waals surface area contributed by atoms with Gasteiger partial charge in [0.1, 0.15) is 0 Å². The Kier molecular flexibility index (Phi) is 10.2. The van der Waals surface area contributed by atoms with E-state index >= 15 is 0 Å². The highest BCUT2D eigenvalue weighted by atomic mass is 15.0. The van der Waals surface area contributed by atoms with Crippen LogP contribution >= 0.6 is 0 Å². The molecule has 2 rings (SSSR count). The van der Waals surface area contributed by atoms with E-state index in [4.69, 9.17) is 0 Å². The molecule has 2 heteroatoms. The lowest BCUT2D eigenvalue weighted by Gasteiger charge is -2.24. The summed E-state index contributed by atoms with van der Waals surface area (Å²) in [5.74, 6) is 1.12. The molecule has 2 atom stereocenters. The molecular weight excluding hydrogens is 316 g/mol. The van der Waals surface area contributed by atoms with E-state index < -0.39 is 0 Å². The predicted molar refractivity (Wildman–Crippen MR) is 115 cm³/mol. The van der Waals surface area contributed by atoms with Crippen LogP contribution in [0.1, 0.15) is 83.6 Å². The van der Waals surface area contributed by atoms with Crippen molar-refractivity contribution in [2.45, 2.75) is 84.5 Å². The van der Waals surface area contributed by atoms with Gasteiger partial charge in [-0.1, -0.05) is 112 Å². The molecule has 0 spiro atoms. The molecule has 26 heavy (non-hydrogen) atoms. The molecule has 142 valence electrons. The molecule has 0 amide bonds. The first kappa shape index (κ1) is 20.7. The molecule has 1 aliphatic rings. The Morgan fingerprint density at radius 1 is 0.808 bits per heavy atom. The second-order valence-electron chi connectivity index (χ2n) is 7.64. The average Bonchev–Trinajstić information content (AvgIpc) is 3.21. The molecule has 0 radical (unpaired) electrons. The van der Waals surface area contributed by atoms with E-state index in [1.165, 1.54) is 69.8 Å². The Labute approximate surface area is 161 Å². The van der Waals surface area contributed by atoms with Crippen molar-refractivity contribution >= 4 is 12.4 Å². The highest BCUT2D eigenvalue weighted by molar-refractivity contribution is 6.18. The van der Waals surface area contributed by atoms with Gasteiger partial charge < -0.3 is 0 Å². The molecule has 0 N–H and O–H groups in total. The van der Waals surface area contributed by atoms with Gasteiger partial charge in [0.15, 0.2) is 12.4 Å². The van der Waals surface area contributed by atoms with Crippen LogP contribution in [-0.4, -0.2) is 12.4 Å². The summed E-state index contributed by atoms with van der Waals surface area (Å²) in [6, 6.07) is 10.9. The Morgan fingerprint density at radius 3 is 2.04 bits per heavy atom. The summed E-state index contributed by atoms with van der Waals surface area (Å²) in [7, 11) is 0. The van der Waals surface area contributed by atoms with E-state index in [0.717, 1.165) is 12.6 Å². The van der Waals surface area contributed by atoms with Gasteiger partial charge in [0, 0.05) is 0 Å². The summed E-state index contributed by atoms with van der Waals surface area (Å²) < 4.78 is 0. The third kappa shape index (κ3) is 7.35. The van der Waals surface area contributed by atoms with Crippen LogP contribution in [0.4, 0.5) is 0 Å². The van der Waals surface area contributed by atoms with Gasteiger partial charge in [0.25, 0.3) is 0 Å². The molecule has 1 heterocycles. The summed E-state index contributed by atoms with van der Waals surface area (Å²) in [6.45, 7) is 4.60. The summed E-state index contributed by atoms with van der Waals surface area (Å²) in [5.41, 5.74) is 1.44. The van der Waals surface area contributed by atoms with Crippen molar-refractivity contribution in [3.05, 3.63) is 42.1 Å². The molecule has 2 nitrogen and oxygen atoms in total. The zero-order chi connectivity index (χ0) is 18.5. The molecule has 0 bridgehead atoms. The first-order chi connectivity index (χ1) is 12.8. The predicted octanol–water partition coefficient (Wildman–Crippen LogP) is 7.05. The van der Waals surface area contributed by atoms with Gasteiger partial charge >= 0.3 is 0 Å². The second kappa shape index (κ2) is 12.7. The summed E-state index contributed by atoms with van der Waals surface area (Å²) >= 11 is 0. The van der Waals surface area contributed by atoms with Crippen molar-refractivity contribution in [1.82, 2.24) is 0 Å². The largest absolute Gasteiger partial charge is 0.244 e. The molecular formula is C24H37N2+. The minimum absolute atomic E-state index is 0.496. The zero-order valence-corrected chi connectivity index (χ0v) is 16.9. The number of nitrogens with zero attached hydrogens (tertiary/aromatic N) is 2. The summed E-state index contributed by atoms with van der Waals surface area (Å²) in [5, 5.41) is 0. The van der Waals surface area contributed by atoms with E-state index in [0.29, 0.717) is 11.8 Å². The van der Waals surface area contributed by atoms with Gasteiger partial charge in [-0.15, -0.1) is 0 Å². The Hall–Kier alpha value is -1.57. The highest BCUT2D eigenvalue weighted by Gasteiger charge is 2.34. The fourth-order valence-electron chi connectivity index (χ4n) is 4.01. The van der Waals surface area contributed by atoms with Crippen LogP contribution < -0.4 is 0 Å². The lowest BCUT2D eigenvalue weighted by molar-refractivity contribution is 0.300. The number of benzene rings is 1. The van der Waals surface area contributed by atoms with Crippen LogP contribution in [0.5, 0.6) is 0 Å². The number of unbranched alkanes of at least 4 members (excludes halogenated alkanes) is 7. The fourth-order valence-corrected chi connectivity index (χ4v) is 4.01. The summed E-state index contributed by atoms with van der Waals surface area (Å²) in [6.07, 6.45) is 19.3. The van der Waals surface area contributed by atoms with Gasteiger partial charge in [-0.05, 0) is 24.3 Å². The number of rotatable bonds is 14. The van der Waals surface area contributed by atoms with Crippen molar-refractivity contribution in [3.8, 4) is 0 Å². The van der Waals surface area contributed by atoms with Gasteiger partial charge in [-0.2, -0.15) is 0 Å². The smallest absolute Gasteiger partial charge is 0.0965 e. The van der Waals surface area contributed by atoms with Gasteiger partial charge in [0.05, 0.1) is 5.92 Å². The van der Waals surface area contributed by atoms with Crippen molar-refractivity contribution in [2.75, 3.05) is 0 Å². The van der Waals surface area contributed by atoms with Crippen molar-refractivity contribution in [2.24, 2.45) is 21.8 Å². The summed E-state index contributed by atoms with van der Waals surface area (Å²) in [4.78, 5) is 9.13. The molecule has 0 saturated carbocycles. The number of hydrogen-bond acceptors (Lipinski definition) is 2. The van der Waals surface area contributed by atoms with Crippen LogP contribution in [-0.2, 0) is 6.42 Å². The molecule has 1 aromatic rings. The maximum Gasteiger partial charge on any atom is 0.244 e. The minimum atomic E-state index is 0.496. The van der Waals surface area contributed by atoms with Crippen LogP contribution in [0.2, 0.25) is 0 Å². The fraction of sp³-hybridized carbons (Fsp3) is 0.625. The van der Waals surface area contributed by atoms with Crippen LogP contribution in [0.3, 0.4) is 0 Å². The molecule has 0 saturated heterocycles. The average molecular weight is 354 g/mol. The van der Waals surface area contributed by atoms with Crippen molar-refractivity contribution < 1.29 is 0 Å². The van der Waals surface area contributed by atoms with E-state index in [2.05, 4.69) is 54.2 Å². The van der Waals surface area contributed by atoms with E-state index in [9.17, 15) is 0 Å². The Bertz CT molecular complexity index is 508. The number of aliphatic imine (C=N–C) groups is 2. The normalized spacial score (nSPS) is 15.5. The SMILES string of the molecule is CCCCCCCCCCC([C+]1N=CC=N1)C(CC)Cc1ccccc1. The Balaban J connectivity index is 1.81. The van der Waals surface area contributed by atoms with Gasteiger partial charge in [-0.25, -0.2) is 0 Å². The van der Waals surface area contributed by atoms with Crippen LogP contribution in [0.25, 0.3) is 0 Å². The quantitative estimate of drug-likeness (QED) is 0.253. The number of hydrogen-bond donors (Lipinski definition) is 0. The minimum Gasteiger partial charge on any atom is -0.0965 e. The third-order valence-electron chi connectivity index (χ3n) is 5.61. The topological polar surface area (TPSA) is 24.7 Å². The van der Waals surface area contributed by atoms with E-state index in [1.807, 2.05) is 12.4 Å². The molecule has 0 aliphatic carbocycles. The molecule has 0 fully saturated rings. The van der Waals surface area contributed by atoms with Gasteiger partial charge in [0.2, 0.25) is 6.17 Å².